The molecule has 1 aliphatic heterocycles. The molecule has 74 valence electrons. The molecule has 0 aromatic carbocycles. The molecular weight excluding hydrogens is 164 g/mol. The molecule has 1 rings (SSSR count). The van der Waals surface area contributed by atoms with Crippen LogP contribution in [0.5, 0.6) is 0 Å². The van der Waals surface area contributed by atoms with Gasteiger partial charge in [0.15, 0.2) is 0 Å². The molecule has 3 heteroatoms. The molecule has 0 radical (unpaired) electrons. The Labute approximate surface area is 79.8 Å². The number of aliphatic imine (C=N–C) groups is 1. The Morgan fingerprint density at radius 3 is 2.31 bits per heavy atom. The lowest BCUT2D eigenvalue weighted by molar-refractivity contribution is -0.124. The van der Waals surface area contributed by atoms with Crippen LogP contribution in [0.4, 0.5) is 0 Å². The SMILES string of the molecule is CC(C)(C)C(=O)N=CN1CCCC1. The number of carbonyl (C=O) groups excluding carboxylic acids is 1. The van der Waals surface area contributed by atoms with Gasteiger partial charge in [0.25, 0.3) is 5.91 Å². The molecule has 0 N–H and O–H groups in total. The largest absolute Gasteiger partial charge is 0.363 e. The van der Waals surface area contributed by atoms with E-state index in [1.54, 1.807) is 6.34 Å². The Kier molecular flexibility index (Phi) is 3.07. The van der Waals surface area contributed by atoms with E-state index in [4.69, 9.17) is 0 Å². The van der Waals surface area contributed by atoms with Gasteiger partial charge in [0, 0.05) is 18.5 Å². The molecule has 1 amide bonds. The van der Waals surface area contributed by atoms with Crippen molar-refractivity contribution in [3.05, 3.63) is 0 Å². The molecule has 0 unspecified atom stereocenters. The third kappa shape index (κ3) is 3.17. The van der Waals surface area contributed by atoms with E-state index in [9.17, 15) is 4.79 Å². The molecule has 0 aromatic rings. The average molecular weight is 182 g/mol. The standard InChI is InChI=1S/C10H18N2O/c1-10(2,3)9(13)11-8-12-6-4-5-7-12/h8H,4-7H2,1-3H3. The van der Waals surface area contributed by atoms with Crippen molar-refractivity contribution in [1.29, 1.82) is 0 Å². The molecule has 0 aliphatic carbocycles. The molecule has 3 nitrogen and oxygen atoms in total. The first-order valence-corrected chi connectivity index (χ1v) is 4.83. The second-order valence-corrected chi connectivity index (χ2v) is 4.54. The first-order valence-electron chi connectivity index (χ1n) is 4.83. The summed E-state index contributed by atoms with van der Waals surface area (Å²) in [5, 5.41) is 0. The molecule has 0 saturated carbocycles. The van der Waals surface area contributed by atoms with Crippen LogP contribution in [-0.2, 0) is 4.79 Å². The molecule has 13 heavy (non-hydrogen) atoms. The van der Waals surface area contributed by atoms with Gasteiger partial charge in [0.2, 0.25) is 0 Å². The maximum absolute atomic E-state index is 11.4. The number of nitrogens with zero attached hydrogens (tertiary/aromatic N) is 2. The van der Waals surface area contributed by atoms with Gasteiger partial charge in [-0.2, -0.15) is 0 Å². The zero-order chi connectivity index (χ0) is 9.90. The fourth-order valence-electron chi connectivity index (χ4n) is 1.18. The van der Waals surface area contributed by atoms with Crippen LogP contribution in [0.1, 0.15) is 33.6 Å². The van der Waals surface area contributed by atoms with E-state index in [0.717, 1.165) is 13.1 Å². The molecule has 0 bridgehead atoms. The zero-order valence-corrected chi connectivity index (χ0v) is 8.71. The van der Waals surface area contributed by atoms with Crippen LogP contribution < -0.4 is 0 Å². The fraction of sp³-hybridized carbons (Fsp3) is 0.800. The van der Waals surface area contributed by atoms with Crippen molar-refractivity contribution in [1.82, 2.24) is 4.90 Å². The molecular formula is C10H18N2O. The van der Waals surface area contributed by atoms with Crippen LogP contribution in [0.2, 0.25) is 0 Å². The Bertz CT molecular complexity index is 209. The highest BCUT2D eigenvalue weighted by molar-refractivity contribution is 5.88. The fourth-order valence-corrected chi connectivity index (χ4v) is 1.18. The van der Waals surface area contributed by atoms with Gasteiger partial charge in [-0.25, -0.2) is 4.99 Å². The molecule has 0 atom stereocenters. The van der Waals surface area contributed by atoms with Crippen molar-refractivity contribution in [2.45, 2.75) is 33.6 Å². The van der Waals surface area contributed by atoms with E-state index in [1.807, 2.05) is 20.8 Å². The summed E-state index contributed by atoms with van der Waals surface area (Å²) in [5.41, 5.74) is -0.351. The summed E-state index contributed by atoms with van der Waals surface area (Å²) in [7, 11) is 0. The van der Waals surface area contributed by atoms with Crippen LogP contribution in [-0.4, -0.2) is 30.2 Å². The summed E-state index contributed by atoms with van der Waals surface area (Å²) >= 11 is 0. The lowest BCUT2D eigenvalue weighted by atomic mass is 9.96. The Balaban J connectivity index is 2.43. The van der Waals surface area contributed by atoms with Crippen LogP contribution in [0.25, 0.3) is 0 Å². The Morgan fingerprint density at radius 2 is 1.85 bits per heavy atom. The van der Waals surface area contributed by atoms with Gasteiger partial charge in [-0.05, 0) is 12.8 Å². The molecule has 1 saturated heterocycles. The van der Waals surface area contributed by atoms with Crippen molar-refractivity contribution >= 4 is 12.2 Å². The van der Waals surface area contributed by atoms with Gasteiger partial charge in [0.1, 0.15) is 0 Å². The van der Waals surface area contributed by atoms with E-state index >= 15 is 0 Å². The van der Waals surface area contributed by atoms with Crippen molar-refractivity contribution < 1.29 is 4.79 Å². The summed E-state index contributed by atoms with van der Waals surface area (Å²) in [4.78, 5) is 17.4. The van der Waals surface area contributed by atoms with Gasteiger partial charge in [-0.3, -0.25) is 4.79 Å². The number of hydrogen-bond acceptors (Lipinski definition) is 1. The minimum absolute atomic E-state index is 0.0422. The minimum Gasteiger partial charge on any atom is -0.363 e. The lowest BCUT2D eigenvalue weighted by Crippen LogP contribution is -2.22. The molecule has 1 fully saturated rings. The van der Waals surface area contributed by atoms with Gasteiger partial charge in [-0.1, -0.05) is 20.8 Å². The topological polar surface area (TPSA) is 32.7 Å². The summed E-state index contributed by atoms with van der Waals surface area (Å²) in [6, 6.07) is 0. The highest BCUT2D eigenvalue weighted by Crippen LogP contribution is 2.15. The van der Waals surface area contributed by atoms with Crippen LogP contribution in [0, 0.1) is 5.41 Å². The molecule has 0 aromatic heterocycles. The van der Waals surface area contributed by atoms with Gasteiger partial charge < -0.3 is 4.90 Å². The quantitative estimate of drug-likeness (QED) is 0.456. The van der Waals surface area contributed by atoms with Crippen LogP contribution in [0.3, 0.4) is 0 Å². The predicted molar refractivity (Wildman–Crippen MR) is 53.8 cm³/mol. The third-order valence-electron chi connectivity index (χ3n) is 2.12. The van der Waals surface area contributed by atoms with Crippen molar-refractivity contribution in [2.75, 3.05) is 13.1 Å². The van der Waals surface area contributed by atoms with Gasteiger partial charge >= 0.3 is 0 Å². The predicted octanol–water partition coefficient (Wildman–Crippen LogP) is 1.68. The summed E-state index contributed by atoms with van der Waals surface area (Å²) in [6.45, 7) is 7.74. The number of hydrogen-bond donors (Lipinski definition) is 0. The van der Waals surface area contributed by atoms with Gasteiger partial charge in [0.05, 0.1) is 6.34 Å². The van der Waals surface area contributed by atoms with E-state index in [-0.39, 0.29) is 11.3 Å². The normalized spacial score (nSPS) is 18.5. The van der Waals surface area contributed by atoms with Crippen LogP contribution in [0.15, 0.2) is 4.99 Å². The Hall–Kier alpha value is -0.860. The van der Waals surface area contributed by atoms with E-state index in [0.29, 0.717) is 0 Å². The van der Waals surface area contributed by atoms with Crippen molar-refractivity contribution in [3.63, 3.8) is 0 Å². The summed E-state index contributed by atoms with van der Waals surface area (Å²) in [5.74, 6) is -0.0422. The summed E-state index contributed by atoms with van der Waals surface area (Å²) in [6.07, 6.45) is 4.13. The number of amides is 1. The molecule has 1 aliphatic rings. The number of rotatable bonds is 1. The first kappa shape index (κ1) is 10.2. The minimum atomic E-state index is -0.351. The van der Waals surface area contributed by atoms with E-state index in [1.165, 1.54) is 12.8 Å². The maximum Gasteiger partial charge on any atom is 0.252 e. The highest BCUT2D eigenvalue weighted by Gasteiger charge is 2.20. The monoisotopic (exact) mass is 182 g/mol. The van der Waals surface area contributed by atoms with Crippen molar-refractivity contribution in [3.8, 4) is 0 Å². The Morgan fingerprint density at radius 1 is 1.31 bits per heavy atom. The summed E-state index contributed by atoms with van der Waals surface area (Å²) < 4.78 is 0. The van der Waals surface area contributed by atoms with Gasteiger partial charge in [-0.15, -0.1) is 0 Å². The lowest BCUT2D eigenvalue weighted by Gasteiger charge is -2.14. The highest BCUT2D eigenvalue weighted by atomic mass is 16.1. The smallest absolute Gasteiger partial charge is 0.252 e. The number of likely N-dealkylation sites (tertiary alicyclic amines) is 1. The average Bonchev–Trinajstić information content (AvgIpc) is 2.50. The number of carbonyl (C=O) groups is 1. The van der Waals surface area contributed by atoms with E-state index < -0.39 is 0 Å². The third-order valence-corrected chi connectivity index (χ3v) is 2.12. The first-order chi connectivity index (χ1) is 6.00. The zero-order valence-electron chi connectivity index (χ0n) is 8.71. The van der Waals surface area contributed by atoms with E-state index in [2.05, 4.69) is 9.89 Å². The molecule has 1 heterocycles. The second kappa shape index (κ2) is 3.90. The second-order valence-electron chi connectivity index (χ2n) is 4.54. The van der Waals surface area contributed by atoms with Crippen molar-refractivity contribution in [2.24, 2.45) is 10.4 Å². The molecule has 0 spiro atoms. The van der Waals surface area contributed by atoms with Crippen LogP contribution >= 0.6 is 0 Å². The maximum atomic E-state index is 11.4.